The molecular formula is C20H25F3N4O2. The molecule has 0 unspecified atom stereocenters. The lowest BCUT2D eigenvalue weighted by Gasteiger charge is -2.24. The van der Waals surface area contributed by atoms with Crippen molar-refractivity contribution in [3.05, 3.63) is 29.2 Å². The Balaban J connectivity index is 1.67. The number of amides is 1. The molecule has 29 heavy (non-hydrogen) atoms. The molecular weight excluding hydrogens is 385 g/mol. The van der Waals surface area contributed by atoms with Crippen LogP contribution in [0, 0.1) is 0 Å². The van der Waals surface area contributed by atoms with Crippen LogP contribution in [0.3, 0.4) is 0 Å². The van der Waals surface area contributed by atoms with Crippen LogP contribution in [-0.2, 0) is 15.7 Å². The topological polar surface area (TPSA) is 59.7 Å². The van der Waals surface area contributed by atoms with Gasteiger partial charge in [-0.15, -0.1) is 0 Å². The number of hydrogen-bond donors (Lipinski definition) is 0. The zero-order chi connectivity index (χ0) is 20.8. The van der Waals surface area contributed by atoms with Gasteiger partial charge in [0, 0.05) is 24.9 Å². The van der Waals surface area contributed by atoms with Gasteiger partial charge >= 0.3 is 6.18 Å². The Morgan fingerprint density at radius 3 is 2.72 bits per heavy atom. The number of rotatable bonds is 4. The fourth-order valence-electron chi connectivity index (χ4n) is 4.16. The molecule has 0 aromatic carbocycles. The number of hydrogen-bond acceptors (Lipinski definition) is 4. The summed E-state index contributed by atoms with van der Waals surface area (Å²) < 4.78 is 47.3. The summed E-state index contributed by atoms with van der Waals surface area (Å²) in [6.45, 7) is 4.87. The van der Waals surface area contributed by atoms with Gasteiger partial charge in [-0.2, -0.15) is 18.3 Å². The Labute approximate surface area is 167 Å². The monoisotopic (exact) mass is 410 g/mol. The van der Waals surface area contributed by atoms with Gasteiger partial charge in [0.05, 0.1) is 24.3 Å². The molecule has 2 atom stereocenters. The Bertz CT molecular complexity index is 903. The van der Waals surface area contributed by atoms with Gasteiger partial charge in [-0.1, -0.05) is 13.8 Å². The zero-order valence-electron chi connectivity index (χ0n) is 16.6. The number of alkyl halides is 3. The Morgan fingerprint density at radius 1 is 1.28 bits per heavy atom. The van der Waals surface area contributed by atoms with E-state index < -0.39 is 11.9 Å². The molecule has 1 amide bonds. The molecule has 9 heteroatoms. The fraction of sp³-hybridized carbons (Fsp3) is 0.650. The smallest absolute Gasteiger partial charge is 0.378 e. The molecule has 2 aromatic rings. The van der Waals surface area contributed by atoms with Crippen LogP contribution in [0.15, 0.2) is 12.1 Å². The second-order valence-corrected chi connectivity index (χ2v) is 8.14. The van der Waals surface area contributed by atoms with Gasteiger partial charge in [0.15, 0.2) is 5.65 Å². The first-order valence-corrected chi connectivity index (χ1v) is 10.1. The van der Waals surface area contributed by atoms with Crippen LogP contribution < -0.4 is 0 Å². The highest BCUT2D eigenvalue weighted by Crippen LogP contribution is 2.35. The number of aromatic nitrogens is 3. The molecule has 2 aromatic heterocycles. The van der Waals surface area contributed by atoms with Crippen LogP contribution in [0.5, 0.6) is 0 Å². The summed E-state index contributed by atoms with van der Waals surface area (Å²) in [5, 5.41) is 4.24. The average Bonchev–Trinajstić information content (AvgIpc) is 3.38. The van der Waals surface area contributed by atoms with Crippen LogP contribution in [0.25, 0.3) is 5.65 Å². The third-order valence-electron chi connectivity index (χ3n) is 5.69. The van der Waals surface area contributed by atoms with Crippen LogP contribution in [0.4, 0.5) is 13.2 Å². The van der Waals surface area contributed by atoms with Crippen molar-refractivity contribution in [2.24, 2.45) is 0 Å². The van der Waals surface area contributed by atoms with Gasteiger partial charge in [-0.05, 0) is 37.7 Å². The van der Waals surface area contributed by atoms with E-state index in [0.717, 1.165) is 29.8 Å². The summed E-state index contributed by atoms with van der Waals surface area (Å²) in [5.74, 6) is -0.168. The van der Waals surface area contributed by atoms with Crippen molar-refractivity contribution in [3.8, 4) is 0 Å². The molecule has 2 saturated heterocycles. The molecule has 0 N–H and O–H groups in total. The van der Waals surface area contributed by atoms with E-state index in [4.69, 9.17) is 4.74 Å². The molecule has 0 bridgehead atoms. The molecule has 0 spiro atoms. The average molecular weight is 410 g/mol. The highest BCUT2D eigenvalue weighted by atomic mass is 19.4. The summed E-state index contributed by atoms with van der Waals surface area (Å²) in [6, 6.07) is 2.32. The maximum absolute atomic E-state index is 13.6. The Morgan fingerprint density at radius 2 is 2.07 bits per heavy atom. The standard InChI is InChI=1S/C20H25F3N4O2/c1-12(2)14-10-17(20(21,22)23)27-18(24-14)11-15(25-27)16-6-3-7-26(16)19(28)9-13-5-4-8-29-13/h10-13,16H,3-9H2,1-2H3/t13-,16-/m1/s1. The summed E-state index contributed by atoms with van der Waals surface area (Å²) in [6.07, 6.45) is -0.983. The van der Waals surface area contributed by atoms with Crippen molar-refractivity contribution in [3.63, 3.8) is 0 Å². The van der Waals surface area contributed by atoms with Crippen LogP contribution in [0.2, 0.25) is 0 Å². The number of nitrogens with zero attached hydrogens (tertiary/aromatic N) is 4. The lowest BCUT2D eigenvalue weighted by Crippen LogP contribution is -2.33. The number of likely N-dealkylation sites (tertiary alicyclic amines) is 1. The van der Waals surface area contributed by atoms with Crippen molar-refractivity contribution >= 4 is 11.6 Å². The predicted molar refractivity (Wildman–Crippen MR) is 99.4 cm³/mol. The fourth-order valence-corrected chi connectivity index (χ4v) is 4.16. The summed E-state index contributed by atoms with van der Waals surface area (Å²) in [4.78, 5) is 18.9. The SMILES string of the molecule is CC(C)c1cc(C(F)(F)F)n2nc([C@H]3CCCN3C(=O)C[C@H]3CCCO3)cc2n1. The highest BCUT2D eigenvalue weighted by Gasteiger charge is 2.37. The lowest BCUT2D eigenvalue weighted by molar-refractivity contribution is -0.143. The van der Waals surface area contributed by atoms with Crippen molar-refractivity contribution in [1.29, 1.82) is 0 Å². The molecule has 158 valence electrons. The van der Waals surface area contributed by atoms with E-state index >= 15 is 0 Å². The zero-order valence-corrected chi connectivity index (χ0v) is 16.6. The first kappa shape index (κ1) is 20.1. The van der Waals surface area contributed by atoms with Crippen molar-refractivity contribution < 1.29 is 22.7 Å². The number of ether oxygens (including phenoxy) is 1. The largest absolute Gasteiger partial charge is 0.433 e. The number of fused-ring (bicyclic) bond motifs is 1. The second kappa shape index (κ2) is 7.59. The van der Waals surface area contributed by atoms with E-state index in [-0.39, 0.29) is 29.6 Å². The molecule has 4 heterocycles. The first-order chi connectivity index (χ1) is 13.7. The molecule has 0 aliphatic carbocycles. The molecule has 2 aliphatic heterocycles. The van der Waals surface area contributed by atoms with E-state index in [9.17, 15) is 18.0 Å². The van der Waals surface area contributed by atoms with Crippen molar-refractivity contribution in [2.75, 3.05) is 13.2 Å². The van der Waals surface area contributed by atoms with Gasteiger partial charge in [0.1, 0.15) is 5.69 Å². The van der Waals surface area contributed by atoms with Crippen molar-refractivity contribution in [2.45, 2.75) is 70.2 Å². The predicted octanol–water partition coefficient (Wildman–Crippen LogP) is 4.10. The van der Waals surface area contributed by atoms with E-state index in [1.54, 1.807) is 24.8 Å². The number of carbonyl (C=O) groups is 1. The van der Waals surface area contributed by atoms with Gasteiger partial charge in [-0.25, -0.2) is 9.50 Å². The molecule has 0 radical (unpaired) electrons. The molecule has 6 nitrogen and oxygen atoms in total. The maximum atomic E-state index is 13.6. The molecule has 2 fully saturated rings. The normalized spacial score (nSPS) is 22.9. The minimum absolute atomic E-state index is 0.0247. The van der Waals surface area contributed by atoms with Crippen LogP contribution in [0.1, 0.15) is 75.0 Å². The summed E-state index contributed by atoms with van der Waals surface area (Å²) >= 11 is 0. The minimum atomic E-state index is -4.54. The molecule has 4 rings (SSSR count). The number of halogens is 3. The quantitative estimate of drug-likeness (QED) is 0.761. The van der Waals surface area contributed by atoms with E-state index in [0.29, 0.717) is 37.4 Å². The lowest BCUT2D eigenvalue weighted by atomic mass is 10.1. The van der Waals surface area contributed by atoms with Gasteiger partial charge in [-0.3, -0.25) is 4.79 Å². The third-order valence-corrected chi connectivity index (χ3v) is 5.69. The van der Waals surface area contributed by atoms with Gasteiger partial charge in [0.2, 0.25) is 5.91 Å². The number of carbonyl (C=O) groups excluding carboxylic acids is 1. The van der Waals surface area contributed by atoms with Gasteiger partial charge < -0.3 is 9.64 Å². The van der Waals surface area contributed by atoms with Crippen molar-refractivity contribution in [1.82, 2.24) is 19.5 Å². The van der Waals surface area contributed by atoms with Crippen LogP contribution in [-0.4, -0.2) is 44.7 Å². The molecule has 0 saturated carbocycles. The first-order valence-electron chi connectivity index (χ1n) is 10.1. The third kappa shape index (κ3) is 3.97. The van der Waals surface area contributed by atoms with E-state index in [2.05, 4.69) is 10.1 Å². The van der Waals surface area contributed by atoms with E-state index in [1.165, 1.54) is 0 Å². The summed E-state index contributed by atoms with van der Waals surface area (Å²) in [5.41, 5.74) is 0.153. The minimum Gasteiger partial charge on any atom is -0.378 e. The second-order valence-electron chi connectivity index (χ2n) is 8.14. The van der Waals surface area contributed by atoms with Crippen LogP contribution >= 0.6 is 0 Å². The molecule has 2 aliphatic rings. The summed E-state index contributed by atoms with van der Waals surface area (Å²) in [7, 11) is 0. The van der Waals surface area contributed by atoms with Gasteiger partial charge in [0.25, 0.3) is 0 Å². The van der Waals surface area contributed by atoms with E-state index in [1.807, 2.05) is 0 Å². The maximum Gasteiger partial charge on any atom is 0.433 e. The Kier molecular flexibility index (Phi) is 5.27. The Hall–Kier alpha value is -2.16. The highest BCUT2D eigenvalue weighted by molar-refractivity contribution is 5.77.